The maximum Gasteiger partial charge on any atom is 0.326 e. The summed E-state index contributed by atoms with van der Waals surface area (Å²) < 4.78 is 0. The molecule has 0 aromatic carbocycles. The van der Waals surface area contributed by atoms with Crippen molar-refractivity contribution < 1.29 is 9.90 Å². The fourth-order valence-electron chi connectivity index (χ4n) is 2.71. The summed E-state index contributed by atoms with van der Waals surface area (Å²) in [6.45, 7) is 4.44. The minimum Gasteiger partial charge on any atom is -0.480 e. The van der Waals surface area contributed by atoms with E-state index in [1.165, 1.54) is 12.4 Å². The number of hydrogen-bond donors (Lipinski definition) is 1. The molecule has 0 amide bonds. The van der Waals surface area contributed by atoms with Crippen LogP contribution in [-0.4, -0.2) is 33.6 Å². The Morgan fingerprint density at radius 3 is 2.84 bits per heavy atom. The highest BCUT2D eigenvalue weighted by atomic mass is 16.4. The summed E-state index contributed by atoms with van der Waals surface area (Å²) in [5.74, 6) is -0.524. The third-order valence-corrected chi connectivity index (χ3v) is 3.56. The lowest BCUT2D eigenvalue weighted by Gasteiger charge is -2.44. The number of aliphatic carboxylic acids is 1. The lowest BCUT2D eigenvalue weighted by atomic mass is 9.76. The summed E-state index contributed by atoms with van der Waals surface area (Å²) in [6.07, 6.45) is 4.63. The Morgan fingerprint density at radius 1 is 1.53 bits per heavy atom. The van der Waals surface area contributed by atoms with Crippen molar-refractivity contribution in [3.8, 4) is 6.07 Å². The van der Waals surface area contributed by atoms with Gasteiger partial charge in [-0.25, -0.2) is 14.8 Å². The van der Waals surface area contributed by atoms with Gasteiger partial charge in [0.25, 0.3) is 0 Å². The minimum atomic E-state index is -0.890. The van der Waals surface area contributed by atoms with Crippen LogP contribution in [0.15, 0.2) is 12.4 Å². The average molecular weight is 260 g/mol. The monoisotopic (exact) mass is 260 g/mol. The largest absolute Gasteiger partial charge is 0.480 e. The molecule has 19 heavy (non-hydrogen) atoms. The molecule has 1 saturated heterocycles. The highest BCUT2D eigenvalue weighted by Gasteiger charge is 2.43. The summed E-state index contributed by atoms with van der Waals surface area (Å²) in [7, 11) is 0. The lowest BCUT2D eigenvalue weighted by Crippen LogP contribution is -2.55. The second kappa shape index (κ2) is 4.84. The smallest absolute Gasteiger partial charge is 0.326 e. The van der Waals surface area contributed by atoms with E-state index in [4.69, 9.17) is 5.26 Å². The molecular formula is C13H16N4O2. The maximum absolute atomic E-state index is 11.6. The van der Waals surface area contributed by atoms with Crippen molar-refractivity contribution in [3.63, 3.8) is 0 Å². The molecule has 0 aliphatic carbocycles. The predicted octanol–water partition coefficient (Wildman–Crippen LogP) is 1.43. The predicted molar refractivity (Wildman–Crippen MR) is 68.5 cm³/mol. The normalized spacial score (nSPS) is 21.7. The Morgan fingerprint density at radius 2 is 2.21 bits per heavy atom. The molecule has 0 spiro atoms. The molecule has 1 aliphatic heterocycles. The molecule has 100 valence electrons. The number of rotatable bonds is 2. The van der Waals surface area contributed by atoms with E-state index in [1.807, 2.05) is 19.9 Å². The molecule has 1 fully saturated rings. The second-order valence-electron chi connectivity index (χ2n) is 5.37. The quantitative estimate of drug-likeness (QED) is 0.865. The first-order chi connectivity index (χ1) is 8.97. The van der Waals surface area contributed by atoms with Crippen LogP contribution in [-0.2, 0) is 4.79 Å². The zero-order chi connectivity index (χ0) is 14.0. The topological polar surface area (TPSA) is 90.1 Å². The van der Waals surface area contributed by atoms with Gasteiger partial charge >= 0.3 is 5.97 Å². The van der Waals surface area contributed by atoms with E-state index in [9.17, 15) is 9.90 Å². The Kier molecular flexibility index (Phi) is 3.38. The first-order valence-electron chi connectivity index (χ1n) is 6.18. The molecule has 1 unspecified atom stereocenters. The number of carbonyl (C=O) groups is 1. The van der Waals surface area contributed by atoms with Gasteiger partial charge in [-0.3, -0.25) is 0 Å². The number of carboxylic acids is 1. The van der Waals surface area contributed by atoms with Gasteiger partial charge in [-0.05, 0) is 18.3 Å². The number of nitrogens with zero attached hydrogens (tertiary/aromatic N) is 4. The van der Waals surface area contributed by atoms with Crippen LogP contribution >= 0.6 is 0 Å². The second-order valence-corrected chi connectivity index (χ2v) is 5.37. The Labute approximate surface area is 111 Å². The molecule has 1 aromatic rings. The van der Waals surface area contributed by atoms with E-state index in [-0.39, 0.29) is 11.1 Å². The van der Waals surface area contributed by atoms with Gasteiger partial charge in [0, 0.05) is 18.9 Å². The number of piperidine rings is 1. The van der Waals surface area contributed by atoms with Crippen molar-refractivity contribution in [2.75, 3.05) is 11.4 Å². The van der Waals surface area contributed by atoms with Crippen LogP contribution in [0.3, 0.4) is 0 Å². The Bertz CT molecular complexity index is 536. The van der Waals surface area contributed by atoms with Crippen LogP contribution < -0.4 is 4.90 Å². The molecule has 1 aliphatic rings. The van der Waals surface area contributed by atoms with Crippen molar-refractivity contribution in [1.29, 1.82) is 5.26 Å². The van der Waals surface area contributed by atoms with Crippen molar-refractivity contribution in [2.24, 2.45) is 5.41 Å². The van der Waals surface area contributed by atoms with E-state index in [2.05, 4.69) is 9.97 Å². The summed E-state index contributed by atoms with van der Waals surface area (Å²) in [6, 6.07) is 1.28. The van der Waals surface area contributed by atoms with Crippen molar-refractivity contribution in [1.82, 2.24) is 9.97 Å². The van der Waals surface area contributed by atoms with Gasteiger partial charge in [-0.1, -0.05) is 13.8 Å². The van der Waals surface area contributed by atoms with Crippen molar-refractivity contribution in [3.05, 3.63) is 18.1 Å². The first kappa shape index (κ1) is 13.3. The van der Waals surface area contributed by atoms with E-state index < -0.39 is 12.0 Å². The molecule has 1 aromatic heterocycles. The van der Waals surface area contributed by atoms with Crippen molar-refractivity contribution >= 4 is 11.8 Å². The summed E-state index contributed by atoms with van der Waals surface area (Å²) in [5, 5.41) is 18.6. The zero-order valence-electron chi connectivity index (χ0n) is 11.0. The maximum atomic E-state index is 11.6. The van der Waals surface area contributed by atoms with E-state index >= 15 is 0 Å². The lowest BCUT2D eigenvalue weighted by molar-refractivity contribution is -0.142. The standard InChI is InChI=1S/C13H16N4O2/c1-13(2)4-3-7-17(10(13)12(18)19)11-9(8-14)15-5-6-16-11/h5-6,10H,3-4,7H2,1-2H3,(H,18,19). The van der Waals surface area contributed by atoms with E-state index in [1.54, 1.807) is 4.90 Å². The molecule has 6 heteroatoms. The van der Waals surface area contributed by atoms with E-state index in [0.717, 1.165) is 12.8 Å². The van der Waals surface area contributed by atoms with Crippen LogP contribution in [0.1, 0.15) is 32.4 Å². The molecule has 1 N–H and O–H groups in total. The summed E-state index contributed by atoms with van der Waals surface area (Å²) in [5.41, 5.74) is -0.194. The molecule has 0 radical (unpaired) electrons. The molecule has 6 nitrogen and oxygen atoms in total. The van der Waals surface area contributed by atoms with Crippen LogP contribution in [0.4, 0.5) is 5.82 Å². The fourth-order valence-corrected chi connectivity index (χ4v) is 2.71. The summed E-state index contributed by atoms with van der Waals surface area (Å²) >= 11 is 0. The van der Waals surface area contributed by atoms with Gasteiger partial charge in [0.05, 0.1) is 0 Å². The highest BCUT2D eigenvalue weighted by Crippen LogP contribution is 2.37. The molecule has 2 heterocycles. The van der Waals surface area contributed by atoms with Gasteiger partial charge in [-0.15, -0.1) is 0 Å². The van der Waals surface area contributed by atoms with Crippen LogP contribution in [0.5, 0.6) is 0 Å². The van der Waals surface area contributed by atoms with Crippen LogP contribution in [0.25, 0.3) is 0 Å². The van der Waals surface area contributed by atoms with Crippen molar-refractivity contribution in [2.45, 2.75) is 32.7 Å². The SMILES string of the molecule is CC1(C)CCCN(c2nccnc2C#N)C1C(=O)O. The number of carboxylic acid groups (broad SMARTS) is 1. The number of aromatic nitrogens is 2. The van der Waals surface area contributed by atoms with Gasteiger partial charge in [-0.2, -0.15) is 5.26 Å². The van der Waals surface area contributed by atoms with Gasteiger partial charge in [0.15, 0.2) is 11.5 Å². The first-order valence-corrected chi connectivity index (χ1v) is 6.18. The number of nitriles is 1. The molecule has 1 atom stereocenters. The van der Waals surface area contributed by atoms with Gasteiger partial charge in [0.2, 0.25) is 0 Å². The minimum absolute atomic E-state index is 0.173. The third-order valence-electron chi connectivity index (χ3n) is 3.56. The number of anilines is 1. The zero-order valence-corrected chi connectivity index (χ0v) is 11.0. The van der Waals surface area contributed by atoms with Gasteiger partial charge in [0.1, 0.15) is 12.1 Å². The van der Waals surface area contributed by atoms with Crippen LogP contribution in [0.2, 0.25) is 0 Å². The summed E-state index contributed by atoms with van der Waals surface area (Å²) in [4.78, 5) is 21.4. The molecule has 2 rings (SSSR count). The fraction of sp³-hybridized carbons (Fsp3) is 0.538. The van der Waals surface area contributed by atoms with Crippen LogP contribution in [0, 0.1) is 16.7 Å². The third kappa shape index (κ3) is 2.36. The number of hydrogen-bond acceptors (Lipinski definition) is 5. The Hall–Kier alpha value is -2.16. The average Bonchev–Trinajstić information content (AvgIpc) is 2.36. The molecule has 0 bridgehead atoms. The molecule has 0 saturated carbocycles. The van der Waals surface area contributed by atoms with Gasteiger partial charge < -0.3 is 10.0 Å². The highest BCUT2D eigenvalue weighted by molar-refractivity contribution is 5.79. The van der Waals surface area contributed by atoms with E-state index in [0.29, 0.717) is 12.4 Å². The Balaban J connectivity index is 2.47. The molecular weight excluding hydrogens is 244 g/mol.